The first kappa shape index (κ1) is 15.9. The van der Waals surface area contributed by atoms with Crippen molar-refractivity contribution >= 4 is 11.7 Å². The number of carbonyl (C=O) groups excluding carboxylic acids is 1. The molecule has 1 aromatic heterocycles. The van der Waals surface area contributed by atoms with Gasteiger partial charge in [0, 0.05) is 18.7 Å². The Labute approximate surface area is 147 Å². The molecule has 2 aromatic rings. The second kappa shape index (κ2) is 6.06. The van der Waals surface area contributed by atoms with Gasteiger partial charge in [-0.05, 0) is 43.9 Å². The first-order chi connectivity index (χ1) is 12.1. The number of esters is 1. The Hall–Kier alpha value is -2.56. The van der Waals surface area contributed by atoms with Crippen LogP contribution in [0.1, 0.15) is 52.6 Å². The number of ether oxygens (including phenoxy) is 1. The number of nitrogens with zero attached hydrogens (tertiary/aromatic N) is 2. The van der Waals surface area contributed by atoms with Crippen LogP contribution in [0.4, 0.5) is 5.69 Å². The minimum Gasteiger partial charge on any atom is -0.461 e. The van der Waals surface area contributed by atoms with Gasteiger partial charge < -0.3 is 10.1 Å². The monoisotopic (exact) mass is 337 g/mol. The minimum atomic E-state index is -0.323. The number of hydrogen-bond acceptors (Lipinski definition) is 4. The number of anilines is 1. The summed E-state index contributed by atoms with van der Waals surface area (Å²) in [6.45, 7) is 4.30. The van der Waals surface area contributed by atoms with Gasteiger partial charge in [-0.15, -0.1) is 0 Å². The maximum atomic E-state index is 12.1. The van der Waals surface area contributed by atoms with E-state index in [9.17, 15) is 4.79 Å². The van der Waals surface area contributed by atoms with Crippen LogP contribution >= 0.6 is 0 Å². The second-order valence-electron chi connectivity index (χ2n) is 6.86. The molecule has 0 bridgehead atoms. The highest BCUT2D eigenvalue weighted by Gasteiger charge is 2.39. The lowest BCUT2D eigenvalue weighted by Gasteiger charge is -2.36. The van der Waals surface area contributed by atoms with Gasteiger partial charge in [0.2, 0.25) is 0 Å². The molecule has 4 rings (SSSR count). The van der Waals surface area contributed by atoms with Crippen LogP contribution in [-0.2, 0) is 11.8 Å². The molecule has 1 aliphatic heterocycles. The molecule has 0 saturated heterocycles. The van der Waals surface area contributed by atoms with E-state index in [0.717, 1.165) is 17.8 Å². The molecule has 25 heavy (non-hydrogen) atoms. The number of hydrogen-bond donors (Lipinski definition) is 1. The highest BCUT2D eigenvalue weighted by atomic mass is 16.5. The third kappa shape index (κ3) is 2.64. The van der Waals surface area contributed by atoms with Crippen molar-refractivity contribution in [2.24, 2.45) is 13.0 Å². The zero-order valence-corrected chi connectivity index (χ0v) is 14.8. The third-order valence-corrected chi connectivity index (χ3v) is 5.22. The van der Waals surface area contributed by atoms with Crippen LogP contribution in [0.5, 0.6) is 0 Å². The molecule has 0 spiro atoms. The maximum absolute atomic E-state index is 12.1. The molecule has 2 aliphatic rings. The van der Waals surface area contributed by atoms with Gasteiger partial charge in [0.05, 0.1) is 18.3 Å². The number of rotatable bonds is 3. The standard InChI is InChI=1S/C20H23N3O2/c1-4-25-20(24)18-11-17(22-23(18)3)19-14-7-5-6-13(14)15-10-12(2)8-9-16(15)21-19/h5-6,8-11,13-14,19,21H,4,7H2,1-3H3/t13-,14+,19-/m1/s1. The normalized spacial score (nSPS) is 23.7. The number of allylic oxidation sites excluding steroid dienone is 2. The van der Waals surface area contributed by atoms with Crippen LogP contribution in [0, 0.1) is 12.8 Å². The van der Waals surface area contributed by atoms with E-state index >= 15 is 0 Å². The van der Waals surface area contributed by atoms with Crippen molar-refractivity contribution in [2.45, 2.75) is 32.2 Å². The van der Waals surface area contributed by atoms with Gasteiger partial charge in [-0.25, -0.2) is 4.79 Å². The summed E-state index contributed by atoms with van der Waals surface area (Å²) in [5, 5.41) is 8.27. The molecule has 0 saturated carbocycles. The Morgan fingerprint density at radius 2 is 2.24 bits per heavy atom. The average Bonchev–Trinajstić information content (AvgIpc) is 3.21. The molecule has 1 aliphatic carbocycles. The fourth-order valence-electron chi connectivity index (χ4n) is 4.04. The molecule has 2 heterocycles. The number of carbonyl (C=O) groups is 1. The molecule has 0 radical (unpaired) electrons. The zero-order valence-electron chi connectivity index (χ0n) is 14.8. The SMILES string of the molecule is CCOC(=O)c1cc([C@@H]2Nc3ccc(C)cc3[C@@H]3C=CC[C@@H]32)nn1C. The summed E-state index contributed by atoms with van der Waals surface area (Å²) in [4.78, 5) is 12.1. The summed E-state index contributed by atoms with van der Waals surface area (Å²) in [5.74, 6) is 0.491. The van der Waals surface area contributed by atoms with Gasteiger partial charge in [-0.1, -0.05) is 29.8 Å². The van der Waals surface area contributed by atoms with Crippen molar-refractivity contribution in [2.75, 3.05) is 11.9 Å². The van der Waals surface area contributed by atoms with E-state index in [-0.39, 0.29) is 12.0 Å². The second-order valence-corrected chi connectivity index (χ2v) is 6.86. The highest BCUT2D eigenvalue weighted by Crippen LogP contribution is 2.49. The molecule has 0 fully saturated rings. The van der Waals surface area contributed by atoms with Crippen LogP contribution in [0.2, 0.25) is 0 Å². The Balaban J connectivity index is 1.71. The predicted molar refractivity (Wildman–Crippen MR) is 96.7 cm³/mol. The van der Waals surface area contributed by atoms with E-state index in [2.05, 4.69) is 47.7 Å². The molecule has 0 amide bonds. The predicted octanol–water partition coefficient (Wildman–Crippen LogP) is 3.73. The Kier molecular flexibility index (Phi) is 3.86. The van der Waals surface area contributed by atoms with Gasteiger partial charge in [0.15, 0.2) is 0 Å². The number of benzene rings is 1. The van der Waals surface area contributed by atoms with Crippen LogP contribution in [0.15, 0.2) is 36.4 Å². The van der Waals surface area contributed by atoms with Crippen LogP contribution in [-0.4, -0.2) is 22.4 Å². The number of fused-ring (bicyclic) bond motifs is 3. The van der Waals surface area contributed by atoms with Gasteiger partial charge in [-0.2, -0.15) is 5.10 Å². The lowest BCUT2D eigenvalue weighted by molar-refractivity contribution is 0.0513. The smallest absolute Gasteiger partial charge is 0.356 e. The first-order valence-corrected chi connectivity index (χ1v) is 8.83. The van der Waals surface area contributed by atoms with Crippen molar-refractivity contribution in [3.05, 3.63) is 58.9 Å². The fourth-order valence-corrected chi connectivity index (χ4v) is 4.04. The van der Waals surface area contributed by atoms with E-state index in [0.29, 0.717) is 24.1 Å². The quantitative estimate of drug-likeness (QED) is 0.685. The topological polar surface area (TPSA) is 56.1 Å². The molecule has 0 unspecified atom stereocenters. The summed E-state index contributed by atoms with van der Waals surface area (Å²) in [6.07, 6.45) is 5.59. The van der Waals surface area contributed by atoms with Crippen molar-refractivity contribution in [3.8, 4) is 0 Å². The average molecular weight is 337 g/mol. The number of aryl methyl sites for hydroxylation is 2. The van der Waals surface area contributed by atoms with Gasteiger partial charge in [0.1, 0.15) is 5.69 Å². The number of aromatic nitrogens is 2. The summed E-state index contributed by atoms with van der Waals surface area (Å²) in [6, 6.07) is 8.50. The molecular formula is C20H23N3O2. The Morgan fingerprint density at radius 3 is 3.04 bits per heavy atom. The maximum Gasteiger partial charge on any atom is 0.356 e. The highest BCUT2D eigenvalue weighted by molar-refractivity contribution is 5.87. The summed E-state index contributed by atoms with van der Waals surface area (Å²) in [5.41, 5.74) is 5.19. The van der Waals surface area contributed by atoms with E-state index < -0.39 is 0 Å². The number of nitrogens with one attached hydrogen (secondary N) is 1. The molecular weight excluding hydrogens is 314 g/mol. The van der Waals surface area contributed by atoms with E-state index in [1.54, 1.807) is 11.7 Å². The Morgan fingerprint density at radius 1 is 1.40 bits per heavy atom. The van der Waals surface area contributed by atoms with Crippen molar-refractivity contribution in [3.63, 3.8) is 0 Å². The molecule has 5 heteroatoms. The molecule has 5 nitrogen and oxygen atoms in total. The Bertz CT molecular complexity index is 853. The summed E-state index contributed by atoms with van der Waals surface area (Å²) >= 11 is 0. The summed E-state index contributed by atoms with van der Waals surface area (Å²) < 4.78 is 6.76. The minimum absolute atomic E-state index is 0.0876. The van der Waals surface area contributed by atoms with Crippen LogP contribution in [0.25, 0.3) is 0 Å². The molecule has 1 aromatic carbocycles. The lowest BCUT2D eigenvalue weighted by atomic mass is 9.78. The molecule has 3 atom stereocenters. The zero-order chi connectivity index (χ0) is 17.6. The molecule has 130 valence electrons. The van der Waals surface area contributed by atoms with E-state index in [4.69, 9.17) is 4.74 Å². The van der Waals surface area contributed by atoms with Crippen molar-refractivity contribution < 1.29 is 9.53 Å². The van der Waals surface area contributed by atoms with Crippen LogP contribution < -0.4 is 5.32 Å². The third-order valence-electron chi connectivity index (χ3n) is 5.22. The fraction of sp³-hybridized carbons (Fsp3) is 0.400. The van der Waals surface area contributed by atoms with Gasteiger partial charge in [0.25, 0.3) is 0 Å². The first-order valence-electron chi connectivity index (χ1n) is 8.83. The largest absolute Gasteiger partial charge is 0.461 e. The van der Waals surface area contributed by atoms with E-state index in [1.807, 2.05) is 13.0 Å². The van der Waals surface area contributed by atoms with Gasteiger partial charge in [-0.3, -0.25) is 4.68 Å². The lowest BCUT2D eigenvalue weighted by Crippen LogP contribution is -2.29. The van der Waals surface area contributed by atoms with E-state index in [1.165, 1.54) is 11.1 Å². The molecule has 1 N–H and O–H groups in total. The van der Waals surface area contributed by atoms with Gasteiger partial charge >= 0.3 is 5.97 Å². The summed E-state index contributed by atoms with van der Waals surface area (Å²) in [7, 11) is 1.79. The van der Waals surface area contributed by atoms with Crippen molar-refractivity contribution in [1.29, 1.82) is 0 Å². The van der Waals surface area contributed by atoms with Crippen LogP contribution in [0.3, 0.4) is 0 Å². The van der Waals surface area contributed by atoms with Crippen molar-refractivity contribution in [1.82, 2.24) is 9.78 Å².